The molecule has 0 spiro atoms. The lowest BCUT2D eigenvalue weighted by molar-refractivity contribution is 0.673. The monoisotopic (exact) mass is 245 g/mol. The molecule has 2 aromatic heterocycles. The molecular formula is C13H19N5. The van der Waals surface area contributed by atoms with Crippen LogP contribution in [0, 0.1) is 13.8 Å². The molecule has 0 aliphatic carbocycles. The molecule has 0 bridgehead atoms. The number of aromatic nitrogens is 4. The summed E-state index contributed by atoms with van der Waals surface area (Å²) in [5.74, 6) is 2.44. The maximum absolute atomic E-state index is 4.42. The van der Waals surface area contributed by atoms with Crippen molar-refractivity contribution in [1.29, 1.82) is 0 Å². The van der Waals surface area contributed by atoms with E-state index in [-0.39, 0.29) is 0 Å². The van der Waals surface area contributed by atoms with E-state index in [9.17, 15) is 0 Å². The molecule has 0 saturated carbocycles. The molecule has 5 nitrogen and oxygen atoms in total. The van der Waals surface area contributed by atoms with Crippen LogP contribution in [0.4, 0.5) is 0 Å². The van der Waals surface area contributed by atoms with E-state index in [0.717, 1.165) is 37.0 Å². The van der Waals surface area contributed by atoms with Crippen LogP contribution in [0.25, 0.3) is 5.82 Å². The van der Waals surface area contributed by atoms with Gasteiger partial charge in [0.25, 0.3) is 0 Å². The third-order valence-corrected chi connectivity index (χ3v) is 2.66. The van der Waals surface area contributed by atoms with Crippen molar-refractivity contribution < 1.29 is 0 Å². The zero-order chi connectivity index (χ0) is 13.0. The number of nitrogens with zero attached hydrogens (tertiary/aromatic N) is 4. The molecule has 18 heavy (non-hydrogen) atoms. The highest BCUT2D eigenvalue weighted by Gasteiger charge is 2.05. The van der Waals surface area contributed by atoms with Gasteiger partial charge >= 0.3 is 0 Å². The fourth-order valence-corrected chi connectivity index (χ4v) is 1.79. The molecule has 1 N–H and O–H groups in total. The molecule has 0 fully saturated rings. The highest BCUT2D eigenvalue weighted by molar-refractivity contribution is 5.25. The van der Waals surface area contributed by atoms with Gasteiger partial charge in [0.05, 0.1) is 0 Å². The molecule has 2 rings (SSSR count). The summed E-state index contributed by atoms with van der Waals surface area (Å²) in [5.41, 5.74) is 1.18. The molecule has 96 valence electrons. The zero-order valence-electron chi connectivity index (χ0n) is 11.1. The first-order chi connectivity index (χ1) is 8.70. The van der Waals surface area contributed by atoms with Crippen molar-refractivity contribution in [2.75, 3.05) is 6.54 Å². The van der Waals surface area contributed by atoms with E-state index in [1.165, 1.54) is 5.56 Å². The van der Waals surface area contributed by atoms with Crippen LogP contribution < -0.4 is 5.32 Å². The predicted molar refractivity (Wildman–Crippen MR) is 70.6 cm³/mol. The summed E-state index contributed by atoms with van der Waals surface area (Å²) in [7, 11) is 0. The molecule has 0 atom stereocenters. The lowest BCUT2D eigenvalue weighted by atomic mass is 10.3. The maximum Gasteiger partial charge on any atom is 0.155 e. The van der Waals surface area contributed by atoms with Crippen molar-refractivity contribution in [1.82, 2.24) is 25.1 Å². The van der Waals surface area contributed by atoms with Gasteiger partial charge in [-0.3, -0.25) is 0 Å². The topological polar surface area (TPSA) is 55.6 Å². The van der Waals surface area contributed by atoms with Crippen LogP contribution >= 0.6 is 0 Å². The van der Waals surface area contributed by atoms with Crippen molar-refractivity contribution in [3.05, 3.63) is 35.5 Å². The molecule has 0 amide bonds. The summed E-state index contributed by atoms with van der Waals surface area (Å²) >= 11 is 0. The SMILES string of the molecule is CCCNCc1ccc(-n2nc(C)nc2C)nc1. The Hall–Kier alpha value is -1.75. The quantitative estimate of drug-likeness (QED) is 0.816. The fourth-order valence-electron chi connectivity index (χ4n) is 1.79. The summed E-state index contributed by atoms with van der Waals surface area (Å²) in [6.45, 7) is 7.86. The molecule has 5 heteroatoms. The standard InChI is InChI=1S/C13H19N5/c1-4-7-14-8-12-5-6-13(15-9-12)18-11(3)16-10(2)17-18/h5-6,9,14H,4,7-8H2,1-3H3. The third-order valence-electron chi connectivity index (χ3n) is 2.66. The van der Waals surface area contributed by atoms with Crippen LogP contribution in [-0.2, 0) is 6.54 Å². The third kappa shape index (κ3) is 2.92. The molecule has 2 heterocycles. The zero-order valence-corrected chi connectivity index (χ0v) is 11.1. The van der Waals surface area contributed by atoms with Crippen LogP contribution in [0.3, 0.4) is 0 Å². The van der Waals surface area contributed by atoms with E-state index < -0.39 is 0 Å². The van der Waals surface area contributed by atoms with Crippen molar-refractivity contribution in [2.24, 2.45) is 0 Å². The van der Waals surface area contributed by atoms with Crippen LogP contribution in [0.2, 0.25) is 0 Å². The number of hydrogen-bond donors (Lipinski definition) is 1. The van der Waals surface area contributed by atoms with Gasteiger partial charge in [-0.25, -0.2) is 9.97 Å². The Morgan fingerprint density at radius 3 is 2.67 bits per heavy atom. The minimum absolute atomic E-state index is 0.767. The van der Waals surface area contributed by atoms with E-state index >= 15 is 0 Å². The van der Waals surface area contributed by atoms with E-state index in [0.29, 0.717) is 0 Å². The van der Waals surface area contributed by atoms with Gasteiger partial charge in [0, 0.05) is 12.7 Å². The van der Waals surface area contributed by atoms with Gasteiger partial charge in [-0.05, 0) is 38.4 Å². The first kappa shape index (κ1) is 12.7. The Labute approximate surface area is 107 Å². The van der Waals surface area contributed by atoms with Gasteiger partial charge in [-0.1, -0.05) is 13.0 Å². The van der Waals surface area contributed by atoms with Crippen molar-refractivity contribution >= 4 is 0 Å². The Kier molecular flexibility index (Phi) is 4.04. The van der Waals surface area contributed by atoms with Crippen LogP contribution in [-0.4, -0.2) is 26.3 Å². The lowest BCUT2D eigenvalue weighted by Crippen LogP contribution is -2.14. The average Bonchev–Trinajstić information content (AvgIpc) is 2.70. The van der Waals surface area contributed by atoms with Crippen LogP contribution in [0.1, 0.15) is 30.6 Å². The summed E-state index contributed by atoms with van der Waals surface area (Å²) in [6, 6.07) is 4.05. The van der Waals surface area contributed by atoms with Crippen LogP contribution in [0.15, 0.2) is 18.3 Å². The lowest BCUT2D eigenvalue weighted by Gasteiger charge is -2.05. The summed E-state index contributed by atoms with van der Waals surface area (Å²) in [6.07, 6.45) is 3.03. The molecular weight excluding hydrogens is 226 g/mol. The molecule has 0 unspecified atom stereocenters. The Morgan fingerprint density at radius 1 is 1.28 bits per heavy atom. The normalized spacial score (nSPS) is 10.8. The van der Waals surface area contributed by atoms with Gasteiger partial charge in [0.15, 0.2) is 5.82 Å². The first-order valence-corrected chi connectivity index (χ1v) is 6.27. The van der Waals surface area contributed by atoms with E-state index in [2.05, 4.69) is 33.4 Å². The van der Waals surface area contributed by atoms with Crippen molar-refractivity contribution in [3.63, 3.8) is 0 Å². The molecule has 0 aliphatic heterocycles. The van der Waals surface area contributed by atoms with E-state index in [1.54, 1.807) is 4.68 Å². The average molecular weight is 245 g/mol. The minimum Gasteiger partial charge on any atom is -0.313 e. The number of nitrogens with one attached hydrogen (secondary N) is 1. The molecule has 0 radical (unpaired) electrons. The van der Waals surface area contributed by atoms with Gasteiger partial charge in [-0.2, -0.15) is 4.68 Å². The number of rotatable bonds is 5. The number of aryl methyl sites for hydroxylation is 2. The predicted octanol–water partition coefficient (Wildman–Crippen LogP) is 1.78. The summed E-state index contributed by atoms with van der Waals surface area (Å²) < 4.78 is 1.76. The van der Waals surface area contributed by atoms with E-state index in [1.807, 2.05) is 26.1 Å². The highest BCUT2D eigenvalue weighted by atomic mass is 15.4. The fraction of sp³-hybridized carbons (Fsp3) is 0.462. The second-order valence-electron chi connectivity index (χ2n) is 4.32. The van der Waals surface area contributed by atoms with Gasteiger partial charge in [-0.15, -0.1) is 5.10 Å². The summed E-state index contributed by atoms with van der Waals surface area (Å²) in [5, 5.41) is 7.66. The van der Waals surface area contributed by atoms with Crippen molar-refractivity contribution in [3.8, 4) is 5.82 Å². The van der Waals surface area contributed by atoms with Gasteiger partial charge < -0.3 is 5.32 Å². The largest absolute Gasteiger partial charge is 0.313 e. The first-order valence-electron chi connectivity index (χ1n) is 6.27. The second-order valence-corrected chi connectivity index (χ2v) is 4.32. The Balaban J connectivity index is 2.10. The van der Waals surface area contributed by atoms with Crippen molar-refractivity contribution in [2.45, 2.75) is 33.7 Å². The minimum atomic E-state index is 0.767. The van der Waals surface area contributed by atoms with Crippen LogP contribution in [0.5, 0.6) is 0 Å². The Morgan fingerprint density at radius 2 is 2.11 bits per heavy atom. The molecule has 2 aromatic rings. The van der Waals surface area contributed by atoms with Gasteiger partial charge in [0.2, 0.25) is 0 Å². The second kappa shape index (κ2) is 5.73. The molecule has 0 aromatic carbocycles. The summed E-state index contributed by atoms with van der Waals surface area (Å²) in [4.78, 5) is 8.69. The van der Waals surface area contributed by atoms with Gasteiger partial charge in [0.1, 0.15) is 11.6 Å². The molecule has 0 aliphatic rings. The highest BCUT2D eigenvalue weighted by Crippen LogP contribution is 2.07. The van der Waals surface area contributed by atoms with E-state index in [4.69, 9.17) is 0 Å². The number of hydrogen-bond acceptors (Lipinski definition) is 4. The molecule has 0 saturated heterocycles. The smallest absolute Gasteiger partial charge is 0.155 e. The Bertz CT molecular complexity index is 501. The number of pyridine rings is 1. The maximum atomic E-state index is 4.42.